The van der Waals surface area contributed by atoms with E-state index in [0.717, 1.165) is 32.9 Å². The monoisotopic (exact) mass is 381 g/mol. The first-order chi connectivity index (χ1) is 9.10. The van der Waals surface area contributed by atoms with E-state index < -0.39 is 0 Å². The summed E-state index contributed by atoms with van der Waals surface area (Å²) < 4.78 is 2.08. The third-order valence-corrected chi connectivity index (χ3v) is 4.01. The number of hydrogen-bond donors (Lipinski definition) is 1. The Kier molecular flexibility index (Phi) is 5.20. The maximum Gasteiger partial charge on any atom is 0.0552 e. The molecule has 0 radical (unpaired) electrons. The van der Waals surface area contributed by atoms with Crippen LogP contribution in [0, 0.1) is 0 Å². The quantitative estimate of drug-likeness (QED) is 0.771. The molecule has 0 aliphatic carbocycles. The number of benzene rings is 2. The van der Waals surface area contributed by atoms with E-state index in [9.17, 15) is 0 Å². The Morgan fingerprint density at radius 1 is 1.00 bits per heavy atom. The second kappa shape index (κ2) is 6.69. The topological polar surface area (TPSA) is 26.0 Å². The van der Waals surface area contributed by atoms with E-state index in [1.807, 2.05) is 6.07 Å². The normalized spacial score (nSPS) is 12.4. The van der Waals surface area contributed by atoms with Gasteiger partial charge in [-0.1, -0.05) is 69.5 Å². The molecule has 0 spiro atoms. The third kappa shape index (κ3) is 3.91. The van der Waals surface area contributed by atoms with Crippen molar-refractivity contribution in [2.24, 2.45) is 5.73 Å². The first kappa shape index (κ1) is 14.8. The summed E-state index contributed by atoms with van der Waals surface area (Å²) in [5.41, 5.74) is 10.00. The Balaban J connectivity index is 2.32. The van der Waals surface area contributed by atoms with Crippen molar-refractivity contribution in [3.8, 4) is 0 Å². The van der Waals surface area contributed by atoms with Gasteiger partial charge in [-0.3, -0.25) is 0 Å². The van der Waals surface area contributed by atoms with Gasteiger partial charge in [-0.25, -0.2) is 0 Å². The molecule has 0 aliphatic heterocycles. The maximum atomic E-state index is 6.38. The fraction of sp³-hybridized carbons (Fsp3) is 0.250. The molecular formula is C16H17Br2N. The molecule has 0 aromatic heterocycles. The van der Waals surface area contributed by atoms with Gasteiger partial charge < -0.3 is 5.73 Å². The summed E-state index contributed by atoms with van der Waals surface area (Å²) in [6.45, 7) is 2.19. The van der Waals surface area contributed by atoms with E-state index in [1.165, 1.54) is 5.56 Å². The van der Waals surface area contributed by atoms with E-state index >= 15 is 0 Å². The largest absolute Gasteiger partial charge is 0.320 e. The summed E-state index contributed by atoms with van der Waals surface area (Å²) >= 11 is 7.02. The van der Waals surface area contributed by atoms with E-state index in [1.54, 1.807) is 0 Å². The molecule has 2 aromatic carbocycles. The number of hydrogen-bond acceptors (Lipinski definition) is 1. The standard InChI is InChI=1S/C16H17Br2N/c1-2-4-11-5-3-6-12(7-11)16(19)13-8-14(17)10-15(18)9-13/h3,5-10,16H,2,4,19H2,1H3. The van der Waals surface area contributed by atoms with Crippen LogP contribution in [0.4, 0.5) is 0 Å². The zero-order valence-electron chi connectivity index (χ0n) is 10.9. The predicted octanol–water partition coefficient (Wildman–Crippen LogP) is 5.21. The molecular weight excluding hydrogens is 366 g/mol. The van der Waals surface area contributed by atoms with Gasteiger partial charge in [0.2, 0.25) is 0 Å². The molecule has 19 heavy (non-hydrogen) atoms. The Morgan fingerprint density at radius 2 is 1.68 bits per heavy atom. The van der Waals surface area contributed by atoms with Gasteiger partial charge in [-0.05, 0) is 41.3 Å². The van der Waals surface area contributed by atoms with Crippen LogP contribution in [-0.4, -0.2) is 0 Å². The summed E-state index contributed by atoms with van der Waals surface area (Å²) in [7, 11) is 0. The lowest BCUT2D eigenvalue weighted by atomic mass is 9.97. The first-order valence-electron chi connectivity index (χ1n) is 6.40. The predicted molar refractivity (Wildman–Crippen MR) is 88.3 cm³/mol. The highest BCUT2D eigenvalue weighted by atomic mass is 79.9. The summed E-state index contributed by atoms with van der Waals surface area (Å²) in [6.07, 6.45) is 2.25. The third-order valence-electron chi connectivity index (χ3n) is 3.09. The van der Waals surface area contributed by atoms with Crippen LogP contribution in [0.2, 0.25) is 0 Å². The minimum Gasteiger partial charge on any atom is -0.320 e. The average Bonchev–Trinajstić information content (AvgIpc) is 2.37. The molecule has 1 nitrogen and oxygen atoms in total. The van der Waals surface area contributed by atoms with Crippen molar-refractivity contribution in [2.75, 3.05) is 0 Å². The fourth-order valence-electron chi connectivity index (χ4n) is 2.18. The molecule has 1 atom stereocenters. The maximum absolute atomic E-state index is 6.38. The van der Waals surface area contributed by atoms with Crippen LogP contribution in [0.5, 0.6) is 0 Å². The van der Waals surface area contributed by atoms with Crippen molar-refractivity contribution < 1.29 is 0 Å². The lowest BCUT2D eigenvalue weighted by Crippen LogP contribution is -2.12. The van der Waals surface area contributed by atoms with E-state index in [4.69, 9.17) is 5.73 Å². The second-order valence-corrected chi connectivity index (χ2v) is 6.51. The van der Waals surface area contributed by atoms with Crippen LogP contribution >= 0.6 is 31.9 Å². The van der Waals surface area contributed by atoms with Crippen molar-refractivity contribution in [1.29, 1.82) is 0 Å². The number of rotatable bonds is 4. The molecule has 100 valence electrons. The second-order valence-electron chi connectivity index (χ2n) is 4.68. The molecule has 2 aromatic rings. The summed E-state index contributed by atoms with van der Waals surface area (Å²) in [5, 5.41) is 0. The van der Waals surface area contributed by atoms with Crippen LogP contribution in [0.1, 0.15) is 36.1 Å². The summed E-state index contributed by atoms with van der Waals surface area (Å²) in [5.74, 6) is 0. The molecule has 3 heteroatoms. The summed E-state index contributed by atoms with van der Waals surface area (Å²) in [6, 6.07) is 14.6. The zero-order valence-corrected chi connectivity index (χ0v) is 14.0. The van der Waals surface area contributed by atoms with Crippen LogP contribution < -0.4 is 5.73 Å². The smallest absolute Gasteiger partial charge is 0.0552 e. The lowest BCUT2D eigenvalue weighted by Gasteiger charge is -2.14. The van der Waals surface area contributed by atoms with Crippen LogP contribution in [0.3, 0.4) is 0 Å². The SMILES string of the molecule is CCCc1cccc(C(N)c2cc(Br)cc(Br)c2)c1. The van der Waals surface area contributed by atoms with Gasteiger partial charge in [0.05, 0.1) is 6.04 Å². The Morgan fingerprint density at radius 3 is 2.32 bits per heavy atom. The highest BCUT2D eigenvalue weighted by Crippen LogP contribution is 2.27. The molecule has 0 aliphatic rings. The highest BCUT2D eigenvalue weighted by molar-refractivity contribution is 9.11. The zero-order chi connectivity index (χ0) is 13.8. The van der Waals surface area contributed by atoms with Gasteiger partial charge in [0.25, 0.3) is 0 Å². The Labute approximate surface area is 131 Å². The molecule has 2 N–H and O–H groups in total. The lowest BCUT2D eigenvalue weighted by molar-refractivity contribution is 0.857. The molecule has 0 fully saturated rings. The minimum atomic E-state index is -0.0920. The van der Waals surface area contributed by atoms with Crippen molar-refractivity contribution >= 4 is 31.9 Å². The van der Waals surface area contributed by atoms with Gasteiger partial charge >= 0.3 is 0 Å². The van der Waals surface area contributed by atoms with Crippen molar-refractivity contribution in [3.63, 3.8) is 0 Å². The molecule has 0 bridgehead atoms. The number of halogens is 2. The van der Waals surface area contributed by atoms with Crippen LogP contribution in [0.15, 0.2) is 51.4 Å². The number of nitrogens with two attached hydrogens (primary N) is 1. The molecule has 2 rings (SSSR count). The van der Waals surface area contributed by atoms with Crippen LogP contribution in [-0.2, 0) is 6.42 Å². The van der Waals surface area contributed by atoms with E-state index in [2.05, 4.69) is 75.2 Å². The van der Waals surface area contributed by atoms with Gasteiger partial charge in [-0.2, -0.15) is 0 Å². The van der Waals surface area contributed by atoms with Crippen molar-refractivity contribution in [3.05, 3.63) is 68.1 Å². The van der Waals surface area contributed by atoms with Gasteiger partial charge in [0, 0.05) is 8.95 Å². The van der Waals surface area contributed by atoms with Crippen LogP contribution in [0.25, 0.3) is 0 Å². The van der Waals surface area contributed by atoms with E-state index in [-0.39, 0.29) is 6.04 Å². The van der Waals surface area contributed by atoms with Gasteiger partial charge in [0.1, 0.15) is 0 Å². The average molecular weight is 383 g/mol. The Bertz CT molecular complexity index is 546. The highest BCUT2D eigenvalue weighted by Gasteiger charge is 2.10. The molecule has 0 amide bonds. The molecule has 0 saturated heterocycles. The van der Waals surface area contributed by atoms with Gasteiger partial charge in [0.15, 0.2) is 0 Å². The van der Waals surface area contributed by atoms with Gasteiger partial charge in [-0.15, -0.1) is 0 Å². The molecule has 0 saturated carbocycles. The molecule has 1 unspecified atom stereocenters. The van der Waals surface area contributed by atoms with Crippen molar-refractivity contribution in [2.45, 2.75) is 25.8 Å². The fourth-order valence-corrected chi connectivity index (χ4v) is 3.51. The Hall–Kier alpha value is -0.640. The van der Waals surface area contributed by atoms with E-state index in [0.29, 0.717) is 0 Å². The van der Waals surface area contributed by atoms with Crippen molar-refractivity contribution in [1.82, 2.24) is 0 Å². The number of aryl methyl sites for hydroxylation is 1. The molecule has 0 heterocycles. The minimum absolute atomic E-state index is 0.0920. The first-order valence-corrected chi connectivity index (χ1v) is 7.99. The summed E-state index contributed by atoms with van der Waals surface area (Å²) in [4.78, 5) is 0.